The van der Waals surface area contributed by atoms with Crippen molar-refractivity contribution in [3.8, 4) is 0 Å². The summed E-state index contributed by atoms with van der Waals surface area (Å²) in [6.07, 6.45) is 2.45. The molecule has 0 radical (unpaired) electrons. The van der Waals surface area contributed by atoms with Crippen LogP contribution in [-0.4, -0.2) is 47.5 Å². The van der Waals surface area contributed by atoms with Crippen LogP contribution in [-0.2, 0) is 14.3 Å². The summed E-state index contributed by atoms with van der Waals surface area (Å²) in [4.78, 5) is 23.6. The van der Waals surface area contributed by atoms with Crippen molar-refractivity contribution in [3.63, 3.8) is 0 Å². The van der Waals surface area contributed by atoms with E-state index in [1.165, 1.54) is 7.11 Å². The van der Waals surface area contributed by atoms with E-state index in [2.05, 4.69) is 39.9 Å². The van der Waals surface area contributed by atoms with Crippen LogP contribution >= 0.6 is 23.5 Å². The van der Waals surface area contributed by atoms with Gasteiger partial charge in [0.05, 0.1) is 7.11 Å². The van der Waals surface area contributed by atoms with Crippen LogP contribution in [0.4, 0.5) is 0 Å². The zero-order chi connectivity index (χ0) is 18.4. The molecule has 0 bridgehead atoms. The highest BCUT2D eigenvalue weighted by Crippen LogP contribution is 2.48. The topological polar surface area (TPSA) is 55.4 Å². The summed E-state index contributed by atoms with van der Waals surface area (Å²) >= 11 is 3.40. The first-order valence-corrected chi connectivity index (χ1v) is 10.7. The zero-order valence-electron chi connectivity index (χ0n) is 15.9. The van der Waals surface area contributed by atoms with Gasteiger partial charge in [0.1, 0.15) is 6.29 Å². The van der Waals surface area contributed by atoms with Gasteiger partial charge in [0.2, 0.25) is 0 Å². The van der Waals surface area contributed by atoms with Crippen molar-refractivity contribution in [2.75, 3.05) is 25.2 Å². The third-order valence-electron chi connectivity index (χ3n) is 4.57. The lowest BCUT2D eigenvalue weighted by atomic mass is 9.79. The van der Waals surface area contributed by atoms with Crippen LogP contribution in [0.5, 0.6) is 0 Å². The number of rotatable bonds is 9. The van der Waals surface area contributed by atoms with Crippen LogP contribution in [0.15, 0.2) is 0 Å². The molecule has 1 N–H and O–H groups in total. The number of carbonyl (C=O) groups excluding carboxylic acids is 2. The molecule has 0 spiro atoms. The van der Waals surface area contributed by atoms with E-state index in [0.717, 1.165) is 30.8 Å². The van der Waals surface area contributed by atoms with Gasteiger partial charge in [-0.1, -0.05) is 34.6 Å². The summed E-state index contributed by atoms with van der Waals surface area (Å²) in [6, 6.07) is 0.0407. The van der Waals surface area contributed by atoms with Gasteiger partial charge < -0.3 is 14.8 Å². The number of hydrogen-bond acceptors (Lipinski definition) is 6. The Hall–Kier alpha value is -0.200. The normalized spacial score (nSPS) is 20.0. The molecule has 24 heavy (non-hydrogen) atoms. The molecule has 0 aromatic carbocycles. The Bertz CT molecular complexity index is 415. The Labute approximate surface area is 155 Å². The first-order chi connectivity index (χ1) is 11.2. The Balaban J connectivity index is 2.95. The summed E-state index contributed by atoms with van der Waals surface area (Å²) in [7, 11) is 1.47. The van der Waals surface area contributed by atoms with Crippen molar-refractivity contribution >= 4 is 35.8 Å². The molecule has 6 heteroatoms. The molecular formula is C18H33NO3S2. The van der Waals surface area contributed by atoms with Crippen molar-refractivity contribution in [2.45, 2.75) is 57.6 Å². The van der Waals surface area contributed by atoms with Gasteiger partial charge in [-0.25, -0.2) is 4.79 Å². The highest BCUT2D eigenvalue weighted by molar-refractivity contribution is 8.22. The monoisotopic (exact) mass is 375 g/mol. The quantitative estimate of drug-likeness (QED) is 0.491. The Morgan fingerprint density at radius 1 is 1.29 bits per heavy atom. The number of aldehydes is 1. The lowest BCUT2D eigenvalue weighted by Gasteiger charge is -2.38. The Kier molecular flexibility index (Phi) is 8.63. The van der Waals surface area contributed by atoms with E-state index >= 15 is 0 Å². The molecule has 1 fully saturated rings. The minimum atomic E-state index is -0.567. The van der Waals surface area contributed by atoms with Gasteiger partial charge in [-0.15, -0.1) is 23.5 Å². The van der Waals surface area contributed by atoms with Gasteiger partial charge in [-0.05, 0) is 30.2 Å². The molecule has 0 saturated carbocycles. The Morgan fingerprint density at radius 2 is 1.88 bits per heavy atom. The number of hydrogen-bond donors (Lipinski definition) is 1. The number of carbonyl (C=O) groups is 2. The second-order valence-corrected chi connectivity index (χ2v) is 10.9. The van der Waals surface area contributed by atoms with E-state index < -0.39 is 4.08 Å². The number of nitrogens with one attached hydrogen (secondary N) is 1. The van der Waals surface area contributed by atoms with Crippen LogP contribution in [0, 0.1) is 17.3 Å². The molecule has 0 amide bonds. The second-order valence-electron chi connectivity index (χ2n) is 7.91. The van der Waals surface area contributed by atoms with Gasteiger partial charge in [0.25, 0.3) is 0 Å². The molecule has 0 aromatic rings. The minimum Gasteiger partial charge on any atom is -0.467 e. The first-order valence-electron chi connectivity index (χ1n) is 8.70. The molecule has 1 saturated heterocycles. The van der Waals surface area contributed by atoms with E-state index in [0.29, 0.717) is 12.3 Å². The van der Waals surface area contributed by atoms with E-state index in [-0.39, 0.29) is 23.3 Å². The summed E-state index contributed by atoms with van der Waals surface area (Å²) in [5.74, 6) is 2.51. The lowest BCUT2D eigenvalue weighted by Crippen LogP contribution is -2.53. The van der Waals surface area contributed by atoms with Crippen molar-refractivity contribution < 1.29 is 14.3 Å². The maximum absolute atomic E-state index is 12.6. The van der Waals surface area contributed by atoms with Crippen molar-refractivity contribution in [2.24, 2.45) is 17.3 Å². The van der Waals surface area contributed by atoms with Gasteiger partial charge >= 0.3 is 5.97 Å². The van der Waals surface area contributed by atoms with E-state index in [1.807, 2.05) is 0 Å². The van der Waals surface area contributed by atoms with Crippen LogP contribution < -0.4 is 5.32 Å². The minimum absolute atomic E-state index is 0.0407. The predicted octanol–water partition coefficient (Wildman–Crippen LogP) is 3.59. The van der Waals surface area contributed by atoms with Gasteiger partial charge in [-0.2, -0.15) is 0 Å². The third-order valence-corrected chi connectivity index (χ3v) is 8.11. The molecule has 2 atom stereocenters. The number of thioether (sulfide) groups is 2. The highest BCUT2D eigenvalue weighted by Gasteiger charge is 2.51. The summed E-state index contributed by atoms with van der Waals surface area (Å²) in [5, 5.41) is 3.64. The molecular weight excluding hydrogens is 342 g/mol. The standard InChI is InChI=1S/C18H33NO3S2/c1-13(2)11-15(18(16(21)22-6)23-9-10-24-18)19-12-14(7-8-20)17(3,4)5/h8,13-15,19H,7,9-12H2,1-6H3. The maximum atomic E-state index is 12.6. The molecule has 0 aliphatic carbocycles. The van der Waals surface area contributed by atoms with E-state index in [1.54, 1.807) is 23.5 Å². The van der Waals surface area contributed by atoms with Crippen molar-refractivity contribution in [1.29, 1.82) is 0 Å². The van der Waals surface area contributed by atoms with Crippen LogP contribution in [0.3, 0.4) is 0 Å². The van der Waals surface area contributed by atoms with E-state index in [4.69, 9.17) is 4.74 Å². The lowest BCUT2D eigenvalue weighted by molar-refractivity contribution is -0.141. The fraction of sp³-hybridized carbons (Fsp3) is 0.889. The van der Waals surface area contributed by atoms with Gasteiger partial charge in [0, 0.05) is 24.0 Å². The number of esters is 1. The molecule has 0 aromatic heterocycles. The third kappa shape index (κ3) is 5.67. The number of ether oxygens (including phenoxy) is 1. The van der Waals surface area contributed by atoms with Crippen LogP contribution in [0.1, 0.15) is 47.5 Å². The SMILES string of the molecule is COC(=O)C1(C(CC(C)C)NCC(CC=O)C(C)(C)C)SCCS1. The summed E-state index contributed by atoms with van der Waals surface area (Å²) in [5.41, 5.74) is 0.0463. The van der Waals surface area contributed by atoms with Gasteiger partial charge in [-0.3, -0.25) is 0 Å². The smallest absolute Gasteiger partial charge is 0.333 e. The summed E-state index contributed by atoms with van der Waals surface area (Å²) < 4.78 is 4.58. The largest absolute Gasteiger partial charge is 0.467 e. The van der Waals surface area contributed by atoms with Gasteiger partial charge in [0.15, 0.2) is 4.08 Å². The van der Waals surface area contributed by atoms with Crippen LogP contribution in [0.25, 0.3) is 0 Å². The summed E-state index contributed by atoms with van der Waals surface area (Å²) in [6.45, 7) is 11.6. The molecule has 1 rings (SSSR count). The number of methoxy groups -OCH3 is 1. The first kappa shape index (κ1) is 21.8. The molecule has 1 aliphatic heterocycles. The molecule has 1 heterocycles. The van der Waals surface area contributed by atoms with Crippen molar-refractivity contribution in [1.82, 2.24) is 5.32 Å². The Morgan fingerprint density at radius 3 is 2.29 bits per heavy atom. The fourth-order valence-electron chi connectivity index (χ4n) is 3.02. The highest BCUT2D eigenvalue weighted by atomic mass is 32.2. The second kappa shape index (κ2) is 9.48. The molecule has 4 nitrogen and oxygen atoms in total. The molecule has 2 unspecified atom stereocenters. The average molecular weight is 376 g/mol. The van der Waals surface area contributed by atoms with Crippen LogP contribution in [0.2, 0.25) is 0 Å². The zero-order valence-corrected chi connectivity index (χ0v) is 17.5. The molecule has 140 valence electrons. The fourth-order valence-corrected chi connectivity index (χ4v) is 6.29. The van der Waals surface area contributed by atoms with E-state index in [9.17, 15) is 9.59 Å². The molecule has 1 aliphatic rings. The average Bonchev–Trinajstić information content (AvgIpc) is 2.98. The maximum Gasteiger partial charge on any atom is 0.333 e. The van der Waals surface area contributed by atoms with Crippen molar-refractivity contribution in [3.05, 3.63) is 0 Å². The predicted molar refractivity (Wildman–Crippen MR) is 105 cm³/mol.